The van der Waals surface area contributed by atoms with Gasteiger partial charge in [0.15, 0.2) is 5.12 Å². The molecule has 2 aromatic rings. The zero-order valence-corrected chi connectivity index (χ0v) is 16.1. The smallest absolute Gasteiger partial charge is 0.252 e. The highest BCUT2D eigenvalue weighted by molar-refractivity contribution is 8.13. The summed E-state index contributed by atoms with van der Waals surface area (Å²) in [7, 11) is 0. The van der Waals surface area contributed by atoms with E-state index in [0.29, 0.717) is 23.6 Å². The van der Waals surface area contributed by atoms with E-state index in [2.05, 4.69) is 15.6 Å². The minimum atomic E-state index is -0.651. The first-order valence-electron chi connectivity index (χ1n) is 8.13. The van der Waals surface area contributed by atoms with E-state index in [1.165, 1.54) is 11.8 Å². The van der Waals surface area contributed by atoms with Gasteiger partial charge in [0.05, 0.1) is 18.3 Å². The molecule has 0 aliphatic carbocycles. The maximum absolute atomic E-state index is 12.5. The Hall–Kier alpha value is -2.15. The highest BCUT2D eigenvalue weighted by Gasteiger charge is 2.27. The normalized spacial score (nSPS) is 11.4. The first kappa shape index (κ1) is 19.2. The van der Waals surface area contributed by atoms with E-state index in [9.17, 15) is 9.59 Å². The highest BCUT2D eigenvalue weighted by Crippen LogP contribution is 2.19. The van der Waals surface area contributed by atoms with Gasteiger partial charge in [0.1, 0.15) is 5.69 Å². The summed E-state index contributed by atoms with van der Waals surface area (Å²) >= 11 is 1.26. The molecule has 1 aromatic carbocycles. The Labute approximate surface area is 152 Å². The fraction of sp³-hybridized carbons (Fsp3) is 0.444. The molecule has 1 aromatic heterocycles. The number of amides is 1. The third kappa shape index (κ3) is 5.16. The van der Waals surface area contributed by atoms with E-state index in [1.807, 2.05) is 45.9 Å². The minimum Gasteiger partial charge on any atom is -0.341 e. The maximum Gasteiger partial charge on any atom is 0.252 e. The number of hydrogen-bond acceptors (Lipinski definition) is 5. The zero-order chi connectivity index (χ0) is 18.6. The van der Waals surface area contributed by atoms with Gasteiger partial charge in [0, 0.05) is 18.2 Å². The number of aryl methyl sites for hydroxylation is 3. The van der Waals surface area contributed by atoms with Crippen LogP contribution in [-0.4, -0.2) is 31.8 Å². The van der Waals surface area contributed by atoms with Crippen LogP contribution in [0.3, 0.4) is 0 Å². The summed E-state index contributed by atoms with van der Waals surface area (Å²) in [6.45, 7) is 9.93. The first-order chi connectivity index (χ1) is 11.7. The van der Waals surface area contributed by atoms with Crippen LogP contribution in [0.2, 0.25) is 0 Å². The molecule has 0 spiro atoms. The summed E-state index contributed by atoms with van der Waals surface area (Å²) in [6.07, 6.45) is 1.81. The van der Waals surface area contributed by atoms with Gasteiger partial charge in [-0.25, -0.2) is 0 Å². The van der Waals surface area contributed by atoms with Gasteiger partial charge >= 0.3 is 0 Å². The van der Waals surface area contributed by atoms with Gasteiger partial charge in [0.25, 0.3) is 5.91 Å². The minimum absolute atomic E-state index is 0.0846. The lowest BCUT2D eigenvalue weighted by atomic mass is 10.00. The molecule has 0 bridgehead atoms. The van der Waals surface area contributed by atoms with Crippen molar-refractivity contribution in [3.05, 3.63) is 46.8 Å². The number of carbonyl (C=O) groups is 2. The van der Waals surface area contributed by atoms with Gasteiger partial charge in [-0.05, 0) is 51.0 Å². The SMILES string of the molecule is CC(=O)SCCn1cc(C(C)(C)NC(=O)c2ccc(C)c(C)c2)nn1. The molecular weight excluding hydrogens is 336 g/mol. The third-order valence-corrected chi connectivity index (χ3v) is 4.79. The van der Waals surface area contributed by atoms with Crippen LogP contribution in [0.1, 0.15) is 48.0 Å². The zero-order valence-electron chi connectivity index (χ0n) is 15.3. The predicted octanol–water partition coefficient (Wildman–Crippen LogP) is 2.84. The van der Waals surface area contributed by atoms with Crippen molar-refractivity contribution in [2.75, 3.05) is 5.75 Å². The van der Waals surface area contributed by atoms with Gasteiger partial charge in [-0.3, -0.25) is 14.3 Å². The summed E-state index contributed by atoms with van der Waals surface area (Å²) in [5, 5.41) is 11.3. The molecule has 0 saturated carbocycles. The molecule has 0 atom stereocenters. The molecule has 1 amide bonds. The average Bonchev–Trinajstić information content (AvgIpc) is 2.99. The number of hydrogen-bond donors (Lipinski definition) is 1. The lowest BCUT2D eigenvalue weighted by molar-refractivity contribution is -0.109. The van der Waals surface area contributed by atoms with Crippen LogP contribution in [0.25, 0.3) is 0 Å². The van der Waals surface area contributed by atoms with Gasteiger partial charge in [-0.15, -0.1) is 5.10 Å². The topological polar surface area (TPSA) is 76.9 Å². The Bertz CT molecular complexity index is 783. The van der Waals surface area contributed by atoms with Crippen molar-refractivity contribution >= 4 is 22.8 Å². The number of rotatable bonds is 6. The summed E-state index contributed by atoms with van der Waals surface area (Å²) in [4.78, 5) is 23.5. The van der Waals surface area contributed by atoms with Gasteiger partial charge in [-0.1, -0.05) is 23.0 Å². The molecule has 2 rings (SSSR count). The van der Waals surface area contributed by atoms with E-state index in [-0.39, 0.29) is 11.0 Å². The summed E-state index contributed by atoms with van der Waals surface area (Å²) in [5.41, 5.74) is 2.89. The summed E-state index contributed by atoms with van der Waals surface area (Å²) in [5.74, 6) is 0.503. The van der Waals surface area contributed by atoms with E-state index < -0.39 is 5.54 Å². The van der Waals surface area contributed by atoms with Crippen LogP contribution in [0.5, 0.6) is 0 Å². The summed E-state index contributed by atoms with van der Waals surface area (Å²) in [6, 6.07) is 5.65. The van der Waals surface area contributed by atoms with Crippen molar-refractivity contribution in [3.63, 3.8) is 0 Å². The molecule has 0 fully saturated rings. The van der Waals surface area contributed by atoms with Crippen molar-refractivity contribution in [3.8, 4) is 0 Å². The Balaban J connectivity index is 2.05. The van der Waals surface area contributed by atoms with Crippen LogP contribution in [-0.2, 0) is 16.9 Å². The van der Waals surface area contributed by atoms with Crippen molar-refractivity contribution in [1.82, 2.24) is 20.3 Å². The van der Waals surface area contributed by atoms with Crippen LogP contribution >= 0.6 is 11.8 Å². The number of aromatic nitrogens is 3. The van der Waals surface area contributed by atoms with Crippen LogP contribution in [0, 0.1) is 13.8 Å². The monoisotopic (exact) mass is 360 g/mol. The lowest BCUT2D eigenvalue weighted by Crippen LogP contribution is -2.41. The average molecular weight is 360 g/mol. The quantitative estimate of drug-likeness (QED) is 0.857. The molecule has 0 radical (unpaired) electrons. The number of carbonyl (C=O) groups excluding carboxylic acids is 2. The largest absolute Gasteiger partial charge is 0.341 e. The second-order valence-electron chi connectivity index (χ2n) is 6.59. The number of nitrogens with zero attached hydrogens (tertiary/aromatic N) is 3. The maximum atomic E-state index is 12.5. The number of thioether (sulfide) groups is 1. The van der Waals surface area contributed by atoms with Crippen LogP contribution < -0.4 is 5.32 Å². The lowest BCUT2D eigenvalue weighted by Gasteiger charge is -2.23. The number of nitrogens with one attached hydrogen (secondary N) is 1. The Morgan fingerprint density at radius 2 is 1.96 bits per heavy atom. The van der Waals surface area contributed by atoms with Crippen molar-refractivity contribution in [2.24, 2.45) is 0 Å². The molecule has 134 valence electrons. The molecule has 0 unspecified atom stereocenters. The van der Waals surface area contributed by atoms with Crippen molar-refractivity contribution in [2.45, 2.75) is 46.7 Å². The van der Waals surface area contributed by atoms with Gasteiger partial charge < -0.3 is 5.32 Å². The molecule has 6 nitrogen and oxygen atoms in total. The molecule has 0 saturated heterocycles. The second-order valence-corrected chi connectivity index (χ2v) is 7.86. The highest BCUT2D eigenvalue weighted by atomic mass is 32.2. The molecule has 0 aliphatic heterocycles. The summed E-state index contributed by atoms with van der Waals surface area (Å²) < 4.78 is 1.69. The molecule has 0 aliphatic rings. The van der Waals surface area contributed by atoms with Crippen LogP contribution in [0.4, 0.5) is 0 Å². The standard InChI is InChI=1S/C18H24N4O2S/c1-12-6-7-15(10-13(12)2)17(24)19-18(4,5)16-11-22(21-20-16)8-9-25-14(3)23/h6-7,10-11H,8-9H2,1-5H3,(H,19,24). The molecular formula is C18H24N4O2S. The first-order valence-corrected chi connectivity index (χ1v) is 9.11. The van der Waals surface area contributed by atoms with Crippen molar-refractivity contribution < 1.29 is 9.59 Å². The Morgan fingerprint density at radius 1 is 1.24 bits per heavy atom. The molecule has 1 heterocycles. The Kier molecular flexibility index (Phi) is 6.00. The second kappa shape index (κ2) is 7.82. The third-order valence-electron chi connectivity index (χ3n) is 4.00. The number of benzene rings is 1. The van der Waals surface area contributed by atoms with E-state index >= 15 is 0 Å². The molecule has 1 N–H and O–H groups in total. The fourth-order valence-corrected chi connectivity index (χ4v) is 2.85. The van der Waals surface area contributed by atoms with E-state index in [4.69, 9.17) is 0 Å². The van der Waals surface area contributed by atoms with E-state index in [1.54, 1.807) is 17.8 Å². The van der Waals surface area contributed by atoms with Gasteiger partial charge in [-0.2, -0.15) is 0 Å². The predicted molar refractivity (Wildman–Crippen MR) is 99.6 cm³/mol. The molecule has 7 heteroatoms. The van der Waals surface area contributed by atoms with Crippen LogP contribution in [0.15, 0.2) is 24.4 Å². The fourth-order valence-electron chi connectivity index (χ4n) is 2.28. The van der Waals surface area contributed by atoms with Crippen molar-refractivity contribution in [1.29, 1.82) is 0 Å². The molecule has 25 heavy (non-hydrogen) atoms. The Morgan fingerprint density at radius 3 is 2.60 bits per heavy atom. The van der Waals surface area contributed by atoms with E-state index in [0.717, 1.165) is 11.1 Å². The van der Waals surface area contributed by atoms with Gasteiger partial charge in [0.2, 0.25) is 0 Å².